The van der Waals surface area contributed by atoms with E-state index in [0.717, 1.165) is 4.90 Å². The highest BCUT2D eigenvalue weighted by atomic mass is 32.2. The second-order valence-electron chi connectivity index (χ2n) is 6.76. The predicted octanol–water partition coefficient (Wildman–Crippen LogP) is 1.37. The van der Waals surface area contributed by atoms with E-state index in [0.29, 0.717) is 17.9 Å². The fourth-order valence-electron chi connectivity index (χ4n) is 2.89. The SMILES string of the molecule is CN1CC(=O)N(CCCC(=O)Nc2ccc(S(=O)(=O)NCc3ccco3)cc2)C1=O. The molecular formula is C19H22N4O6S. The standard InChI is InChI=1S/C19H22N4O6S/c1-22-13-18(25)23(19(22)26)10-2-5-17(24)21-14-6-8-16(9-7-14)30(27,28)20-12-15-4-3-11-29-15/h3-4,6-9,11,20H,2,5,10,12-13H2,1H3,(H,21,24). The first-order valence-corrected chi connectivity index (χ1v) is 10.7. The summed E-state index contributed by atoms with van der Waals surface area (Å²) in [4.78, 5) is 38.1. The highest BCUT2D eigenvalue weighted by molar-refractivity contribution is 7.89. The minimum Gasteiger partial charge on any atom is -0.468 e. The molecule has 11 heteroatoms. The number of nitrogens with zero attached hydrogens (tertiary/aromatic N) is 2. The molecule has 0 saturated carbocycles. The van der Waals surface area contributed by atoms with Crippen molar-refractivity contribution in [1.82, 2.24) is 14.5 Å². The second-order valence-corrected chi connectivity index (χ2v) is 8.53. The summed E-state index contributed by atoms with van der Waals surface area (Å²) in [6.07, 6.45) is 1.91. The van der Waals surface area contributed by atoms with Crippen LogP contribution in [-0.4, -0.2) is 56.2 Å². The van der Waals surface area contributed by atoms with Crippen LogP contribution in [0.4, 0.5) is 10.5 Å². The van der Waals surface area contributed by atoms with E-state index in [2.05, 4.69) is 10.0 Å². The lowest BCUT2D eigenvalue weighted by atomic mass is 10.2. The van der Waals surface area contributed by atoms with E-state index in [-0.39, 0.29) is 48.8 Å². The van der Waals surface area contributed by atoms with E-state index >= 15 is 0 Å². The lowest BCUT2D eigenvalue weighted by molar-refractivity contribution is -0.125. The van der Waals surface area contributed by atoms with E-state index < -0.39 is 10.0 Å². The van der Waals surface area contributed by atoms with Gasteiger partial charge in [0.15, 0.2) is 0 Å². The molecule has 30 heavy (non-hydrogen) atoms. The maximum atomic E-state index is 12.3. The maximum absolute atomic E-state index is 12.3. The summed E-state index contributed by atoms with van der Waals surface area (Å²) >= 11 is 0. The molecule has 1 aromatic heterocycles. The third kappa shape index (κ3) is 5.24. The summed E-state index contributed by atoms with van der Waals surface area (Å²) in [6.45, 7) is 0.260. The van der Waals surface area contributed by atoms with Gasteiger partial charge >= 0.3 is 6.03 Å². The van der Waals surface area contributed by atoms with Gasteiger partial charge < -0.3 is 14.6 Å². The number of benzene rings is 1. The van der Waals surface area contributed by atoms with Crippen molar-refractivity contribution >= 4 is 33.6 Å². The van der Waals surface area contributed by atoms with Crippen molar-refractivity contribution in [3.63, 3.8) is 0 Å². The second kappa shape index (κ2) is 9.09. The lowest BCUT2D eigenvalue weighted by Crippen LogP contribution is -2.32. The molecule has 0 unspecified atom stereocenters. The van der Waals surface area contributed by atoms with Crippen LogP contribution < -0.4 is 10.0 Å². The summed E-state index contributed by atoms with van der Waals surface area (Å²) in [5.74, 6) is -0.0826. The molecule has 4 amide bonds. The fourth-order valence-corrected chi connectivity index (χ4v) is 3.88. The Labute approximate surface area is 173 Å². The first kappa shape index (κ1) is 21.5. The number of anilines is 1. The number of nitrogens with one attached hydrogen (secondary N) is 2. The van der Waals surface area contributed by atoms with Gasteiger partial charge in [0.25, 0.3) is 0 Å². The van der Waals surface area contributed by atoms with Crippen molar-refractivity contribution in [2.45, 2.75) is 24.3 Å². The van der Waals surface area contributed by atoms with Crippen molar-refractivity contribution in [3.05, 3.63) is 48.4 Å². The monoisotopic (exact) mass is 434 g/mol. The van der Waals surface area contributed by atoms with Crippen LogP contribution in [0.5, 0.6) is 0 Å². The number of furan rings is 1. The molecule has 0 spiro atoms. The number of hydrogen-bond acceptors (Lipinski definition) is 6. The third-order valence-corrected chi connectivity index (χ3v) is 5.90. The Morgan fingerprint density at radius 2 is 1.90 bits per heavy atom. The van der Waals surface area contributed by atoms with Crippen molar-refractivity contribution in [3.8, 4) is 0 Å². The average Bonchev–Trinajstić information content (AvgIpc) is 3.31. The van der Waals surface area contributed by atoms with Crippen molar-refractivity contribution in [1.29, 1.82) is 0 Å². The molecule has 1 saturated heterocycles. The smallest absolute Gasteiger partial charge is 0.326 e. The van der Waals surface area contributed by atoms with Crippen LogP contribution in [0, 0.1) is 0 Å². The van der Waals surface area contributed by atoms with Gasteiger partial charge in [0, 0.05) is 25.7 Å². The normalized spacial score (nSPS) is 14.4. The van der Waals surface area contributed by atoms with Gasteiger partial charge in [-0.2, -0.15) is 0 Å². The predicted molar refractivity (Wildman–Crippen MR) is 107 cm³/mol. The molecule has 0 bridgehead atoms. The van der Waals surface area contributed by atoms with Crippen LogP contribution in [-0.2, 0) is 26.2 Å². The third-order valence-electron chi connectivity index (χ3n) is 4.48. The van der Waals surface area contributed by atoms with Crippen molar-refractivity contribution in [2.75, 3.05) is 25.5 Å². The quantitative estimate of drug-likeness (QED) is 0.574. The van der Waals surface area contributed by atoms with Gasteiger partial charge in [0.05, 0.1) is 17.7 Å². The van der Waals surface area contributed by atoms with Gasteiger partial charge in [-0.3, -0.25) is 14.5 Å². The van der Waals surface area contributed by atoms with E-state index in [1.165, 1.54) is 35.4 Å². The molecule has 2 N–H and O–H groups in total. The first-order valence-electron chi connectivity index (χ1n) is 9.24. The van der Waals surface area contributed by atoms with Gasteiger partial charge in [0.2, 0.25) is 21.8 Å². The Kier molecular flexibility index (Phi) is 6.53. The lowest BCUT2D eigenvalue weighted by Gasteiger charge is -2.13. The Hall–Kier alpha value is -3.18. The number of likely N-dealkylation sites (N-methyl/N-ethyl adjacent to an activating group) is 1. The van der Waals surface area contributed by atoms with E-state index in [4.69, 9.17) is 4.42 Å². The van der Waals surface area contributed by atoms with Gasteiger partial charge in [-0.15, -0.1) is 0 Å². The van der Waals surface area contributed by atoms with Crippen molar-refractivity contribution < 1.29 is 27.2 Å². The Morgan fingerprint density at radius 1 is 1.17 bits per heavy atom. The minimum atomic E-state index is -3.72. The average molecular weight is 434 g/mol. The number of sulfonamides is 1. The zero-order valence-electron chi connectivity index (χ0n) is 16.3. The van der Waals surface area contributed by atoms with Gasteiger partial charge in [0.1, 0.15) is 12.3 Å². The summed E-state index contributed by atoms with van der Waals surface area (Å²) in [6, 6.07) is 8.71. The maximum Gasteiger partial charge on any atom is 0.326 e. The molecule has 0 atom stereocenters. The molecule has 0 radical (unpaired) electrons. The summed E-state index contributed by atoms with van der Waals surface area (Å²) < 4.78 is 32.1. The molecule has 2 heterocycles. The van der Waals surface area contributed by atoms with Crippen LogP contribution >= 0.6 is 0 Å². The van der Waals surface area contributed by atoms with Crippen LogP contribution in [0.1, 0.15) is 18.6 Å². The molecular weight excluding hydrogens is 412 g/mol. The van der Waals surface area contributed by atoms with Gasteiger partial charge in [-0.05, 0) is 42.8 Å². The van der Waals surface area contributed by atoms with E-state index in [1.807, 2.05) is 0 Å². The molecule has 0 aliphatic carbocycles. The van der Waals surface area contributed by atoms with Crippen LogP contribution in [0.25, 0.3) is 0 Å². The number of hydrogen-bond donors (Lipinski definition) is 2. The first-order chi connectivity index (χ1) is 14.3. The largest absolute Gasteiger partial charge is 0.468 e. The fraction of sp³-hybridized carbons (Fsp3) is 0.316. The molecule has 1 aliphatic heterocycles. The van der Waals surface area contributed by atoms with E-state index in [9.17, 15) is 22.8 Å². The topological polar surface area (TPSA) is 129 Å². The Bertz CT molecular complexity index is 1020. The van der Waals surface area contributed by atoms with Crippen LogP contribution in [0.15, 0.2) is 52.0 Å². The summed E-state index contributed by atoms with van der Waals surface area (Å²) in [7, 11) is -2.17. The van der Waals surface area contributed by atoms with Crippen LogP contribution in [0.2, 0.25) is 0 Å². The van der Waals surface area contributed by atoms with Gasteiger partial charge in [-0.25, -0.2) is 17.9 Å². The number of rotatable bonds is 9. The Morgan fingerprint density at radius 3 is 2.50 bits per heavy atom. The molecule has 160 valence electrons. The number of carbonyl (C=O) groups is 3. The summed E-state index contributed by atoms with van der Waals surface area (Å²) in [5.41, 5.74) is 0.443. The van der Waals surface area contributed by atoms with E-state index in [1.54, 1.807) is 19.2 Å². The molecule has 2 aromatic rings. The molecule has 1 aliphatic rings. The number of carbonyl (C=O) groups excluding carboxylic acids is 3. The molecule has 1 aromatic carbocycles. The summed E-state index contributed by atoms with van der Waals surface area (Å²) in [5, 5.41) is 2.66. The number of imide groups is 1. The zero-order chi connectivity index (χ0) is 21.7. The minimum absolute atomic E-state index is 0.0334. The van der Waals surface area contributed by atoms with Crippen molar-refractivity contribution in [2.24, 2.45) is 0 Å². The molecule has 1 fully saturated rings. The Balaban J connectivity index is 1.47. The van der Waals surface area contributed by atoms with Crippen LogP contribution in [0.3, 0.4) is 0 Å². The zero-order valence-corrected chi connectivity index (χ0v) is 17.1. The number of amides is 4. The highest BCUT2D eigenvalue weighted by Gasteiger charge is 2.32. The molecule has 10 nitrogen and oxygen atoms in total. The highest BCUT2D eigenvalue weighted by Crippen LogP contribution is 2.15. The van der Waals surface area contributed by atoms with Gasteiger partial charge in [-0.1, -0.05) is 0 Å². The molecule has 3 rings (SSSR count). The number of urea groups is 1.